The minimum absolute atomic E-state index is 0.169. The van der Waals surface area contributed by atoms with Crippen LogP contribution in [-0.2, 0) is 9.47 Å². The lowest BCUT2D eigenvalue weighted by molar-refractivity contribution is 0.0428. The molecule has 0 saturated heterocycles. The molecule has 0 unspecified atom stereocenters. The number of carbonyl (C=O) groups excluding carboxylic acids is 2. The quantitative estimate of drug-likeness (QED) is 0.864. The highest BCUT2D eigenvalue weighted by atomic mass is 16.6. The first-order valence-electron chi connectivity index (χ1n) is 7.74. The number of carbonyl (C=O) groups is 3. The second kappa shape index (κ2) is 7.51. The maximum absolute atomic E-state index is 12.6. The van der Waals surface area contributed by atoms with Gasteiger partial charge in [0.05, 0.1) is 11.9 Å². The SMILES string of the molecule is C=Cc1cnc(C(=O)O)c(N(C(=O)OC(C)(C)C)C(=O)OC(C)(C)C)n1. The Hall–Kier alpha value is -2.97. The molecule has 0 spiro atoms. The number of amides is 2. The van der Waals surface area contributed by atoms with Crippen LogP contribution in [0.4, 0.5) is 15.4 Å². The maximum atomic E-state index is 12.6. The third-order valence-electron chi connectivity index (χ3n) is 2.55. The molecule has 0 radical (unpaired) electrons. The number of aromatic nitrogens is 2. The summed E-state index contributed by atoms with van der Waals surface area (Å²) in [5.41, 5.74) is -2.32. The van der Waals surface area contributed by atoms with Gasteiger partial charge >= 0.3 is 18.2 Å². The Morgan fingerprint density at radius 1 is 1.08 bits per heavy atom. The van der Waals surface area contributed by atoms with E-state index >= 15 is 0 Å². The van der Waals surface area contributed by atoms with Crippen molar-refractivity contribution in [2.75, 3.05) is 4.90 Å². The van der Waals surface area contributed by atoms with E-state index in [0.717, 1.165) is 6.20 Å². The fourth-order valence-corrected chi connectivity index (χ4v) is 1.66. The number of carboxylic acid groups (broad SMARTS) is 1. The van der Waals surface area contributed by atoms with Crippen LogP contribution >= 0.6 is 0 Å². The molecule has 0 fully saturated rings. The summed E-state index contributed by atoms with van der Waals surface area (Å²) >= 11 is 0. The van der Waals surface area contributed by atoms with Gasteiger partial charge in [-0.3, -0.25) is 0 Å². The Bertz CT molecular complexity index is 703. The summed E-state index contributed by atoms with van der Waals surface area (Å²) in [5, 5.41) is 9.35. The van der Waals surface area contributed by atoms with Crippen LogP contribution < -0.4 is 4.90 Å². The Balaban J connectivity index is 3.54. The molecule has 1 N–H and O–H groups in total. The van der Waals surface area contributed by atoms with Crippen molar-refractivity contribution in [3.63, 3.8) is 0 Å². The number of nitrogens with zero attached hydrogens (tertiary/aromatic N) is 3. The lowest BCUT2D eigenvalue weighted by atomic mass is 10.2. The molecule has 142 valence electrons. The average molecular weight is 365 g/mol. The first-order chi connectivity index (χ1) is 11.7. The molecule has 2 amide bonds. The van der Waals surface area contributed by atoms with Crippen LogP contribution in [0.15, 0.2) is 12.8 Å². The lowest BCUT2D eigenvalue weighted by Crippen LogP contribution is -2.45. The molecule has 1 heterocycles. The second-order valence-electron chi connectivity index (χ2n) is 7.27. The van der Waals surface area contributed by atoms with Gasteiger partial charge in [-0.25, -0.2) is 24.4 Å². The summed E-state index contributed by atoms with van der Waals surface area (Å²) in [7, 11) is 0. The van der Waals surface area contributed by atoms with Crippen LogP contribution in [0, 0.1) is 0 Å². The standard InChI is InChI=1S/C17H23N3O6/c1-8-10-9-18-11(13(21)22)12(19-10)20(14(23)25-16(2,3)4)15(24)26-17(5,6)7/h8-9H,1H2,2-7H3,(H,21,22). The van der Waals surface area contributed by atoms with Crippen LogP contribution in [0.3, 0.4) is 0 Å². The van der Waals surface area contributed by atoms with Crippen LogP contribution in [-0.4, -0.2) is 44.4 Å². The molecular weight excluding hydrogens is 342 g/mol. The molecule has 0 saturated carbocycles. The van der Waals surface area contributed by atoms with Gasteiger partial charge in [0.15, 0.2) is 11.5 Å². The predicted molar refractivity (Wildman–Crippen MR) is 94.0 cm³/mol. The highest BCUT2D eigenvalue weighted by Crippen LogP contribution is 2.23. The largest absolute Gasteiger partial charge is 0.476 e. The highest BCUT2D eigenvalue weighted by Gasteiger charge is 2.36. The third-order valence-corrected chi connectivity index (χ3v) is 2.55. The van der Waals surface area contributed by atoms with Crippen molar-refractivity contribution >= 4 is 30.0 Å². The fourth-order valence-electron chi connectivity index (χ4n) is 1.66. The summed E-state index contributed by atoms with van der Waals surface area (Å²) in [6.07, 6.45) is 0.182. The molecule has 9 heteroatoms. The van der Waals surface area contributed by atoms with Crippen molar-refractivity contribution in [2.24, 2.45) is 0 Å². The van der Waals surface area contributed by atoms with E-state index in [2.05, 4.69) is 16.5 Å². The Kier molecular flexibility index (Phi) is 6.08. The molecule has 0 aromatic carbocycles. The molecule has 0 bridgehead atoms. The van der Waals surface area contributed by atoms with Crippen molar-refractivity contribution in [1.29, 1.82) is 0 Å². The van der Waals surface area contributed by atoms with Crippen molar-refractivity contribution in [2.45, 2.75) is 52.7 Å². The van der Waals surface area contributed by atoms with E-state index in [9.17, 15) is 19.5 Å². The minimum atomic E-state index is -1.47. The van der Waals surface area contributed by atoms with Gasteiger partial charge in [0.25, 0.3) is 0 Å². The molecule has 1 aromatic heterocycles. The van der Waals surface area contributed by atoms with E-state index < -0.39 is 40.9 Å². The number of rotatable bonds is 3. The summed E-state index contributed by atoms with van der Waals surface area (Å²) < 4.78 is 10.4. The first kappa shape index (κ1) is 21.1. The third kappa shape index (κ3) is 5.83. The smallest absolute Gasteiger partial charge is 0.425 e. The van der Waals surface area contributed by atoms with E-state index in [4.69, 9.17) is 9.47 Å². The van der Waals surface area contributed by atoms with Gasteiger partial charge in [0.2, 0.25) is 0 Å². The van der Waals surface area contributed by atoms with Crippen LogP contribution in [0.25, 0.3) is 6.08 Å². The Morgan fingerprint density at radius 3 is 1.88 bits per heavy atom. The van der Waals surface area contributed by atoms with Crippen LogP contribution in [0.2, 0.25) is 0 Å². The molecule has 0 aliphatic carbocycles. The van der Waals surface area contributed by atoms with Gasteiger partial charge in [-0.15, -0.1) is 0 Å². The van der Waals surface area contributed by atoms with Crippen LogP contribution in [0.5, 0.6) is 0 Å². The maximum Gasteiger partial charge on any atom is 0.425 e. The van der Waals surface area contributed by atoms with Gasteiger partial charge in [-0.05, 0) is 47.6 Å². The zero-order valence-electron chi connectivity index (χ0n) is 15.7. The number of hydrogen-bond acceptors (Lipinski definition) is 7. The zero-order valence-corrected chi connectivity index (χ0v) is 15.7. The van der Waals surface area contributed by atoms with Gasteiger partial charge in [-0.2, -0.15) is 4.90 Å². The topological polar surface area (TPSA) is 119 Å². The molecule has 9 nitrogen and oxygen atoms in total. The Morgan fingerprint density at radius 2 is 1.54 bits per heavy atom. The first-order valence-corrected chi connectivity index (χ1v) is 7.74. The fraction of sp³-hybridized carbons (Fsp3) is 0.471. The highest BCUT2D eigenvalue weighted by molar-refractivity contribution is 6.11. The van der Waals surface area contributed by atoms with E-state index in [1.54, 1.807) is 41.5 Å². The molecule has 1 rings (SSSR count). The predicted octanol–water partition coefficient (Wildman–Crippen LogP) is 3.49. The van der Waals surface area contributed by atoms with E-state index in [0.29, 0.717) is 4.90 Å². The number of hydrogen-bond donors (Lipinski definition) is 1. The van der Waals surface area contributed by atoms with Gasteiger partial charge in [-0.1, -0.05) is 6.58 Å². The number of imide groups is 1. The average Bonchev–Trinajstić information content (AvgIpc) is 2.43. The number of aromatic carboxylic acids is 1. The summed E-state index contributed by atoms with van der Waals surface area (Å²) in [4.78, 5) is 44.8. The summed E-state index contributed by atoms with van der Waals surface area (Å²) in [6, 6.07) is 0. The van der Waals surface area contributed by atoms with Crippen molar-refractivity contribution in [3.8, 4) is 0 Å². The van der Waals surface area contributed by atoms with E-state index in [1.165, 1.54) is 6.08 Å². The molecule has 0 aliphatic heterocycles. The number of anilines is 1. The van der Waals surface area contributed by atoms with Crippen molar-refractivity contribution in [3.05, 3.63) is 24.2 Å². The molecule has 26 heavy (non-hydrogen) atoms. The minimum Gasteiger partial charge on any atom is -0.476 e. The summed E-state index contributed by atoms with van der Waals surface area (Å²) in [6.45, 7) is 13.1. The van der Waals surface area contributed by atoms with Gasteiger partial charge in [0, 0.05) is 0 Å². The molecule has 1 aromatic rings. The molecule has 0 atom stereocenters. The van der Waals surface area contributed by atoms with Crippen molar-refractivity contribution in [1.82, 2.24) is 9.97 Å². The number of ether oxygens (including phenoxy) is 2. The zero-order chi connectivity index (χ0) is 20.3. The monoisotopic (exact) mass is 365 g/mol. The van der Waals surface area contributed by atoms with Crippen LogP contribution in [0.1, 0.15) is 57.7 Å². The second-order valence-corrected chi connectivity index (χ2v) is 7.27. The van der Waals surface area contributed by atoms with Gasteiger partial charge < -0.3 is 14.6 Å². The summed E-state index contributed by atoms with van der Waals surface area (Å²) in [5.74, 6) is -1.99. The molecule has 0 aliphatic rings. The normalized spacial score (nSPS) is 11.5. The molecular formula is C17H23N3O6. The Labute approximate surface area is 151 Å². The van der Waals surface area contributed by atoms with E-state index in [-0.39, 0.29) is 5.69 Å². The number of carboxylic acids is 1. The van der Waals surface area contributed by atoms with Crippen molar-refractivity contribution < 1.29 is 29.0 Å². The van der Waals surface area contributed by atoms with Gasteiger partial charge in [0.1, 0.15) is 11.2 Å². The lowest BCUT2D eigenvalue weighted by Gasteiger charge is -2.28. The van der Waals surface area contributed by atoms with E-state index in [1.807, 2.05) is 0 Å².